The molecular weight excluding hydrogens is 537 g/mol. The van der Waals surface area contributed by atoms with Gasteiger partial charge in [0.15, 0.2) is 23.3 Å². The van der Waals surface area contributed by atoms with E-state index >= 15 is 0 Å². The summed E-state index contributed by atoms with van der Waals surface area (Å²) in [5.74, 6) is 0.00985. The van der Waals surface area contributed by atoms with Crippen LogP contribution in [-0.2, 0) is 14.3 Å². The second-order valence-electron chi connectivity index (χ2n) is 7.93. The van der Waals surface area contributed by atoms with Gasteiger partial charge in [-0.3, -0.25) is 4.79 Å². The number of carbonyl (C=O) groups is 2. The van der Waals surface area contributed by atoms with E-state index in [0.29, 0.717) is 45.1 Å². The molecule has 8 nitrogen and oxygen atoms in total. The number of ether oxygens (including phenoxy) is 3. The van der Waals surface area contributed by atoms with Crippen molar-refractivity contribution in [3.63, 3.8) is 0 Å². The minimum Gasteiger partial charge on any atom is -0.490 e. The fraction of sp³-hybridized carbons (Fsp3) is 0.269. The zero-order chi connectivity index (χ0) is 26.5. The van der Waals surface area contributed by atoms with Crippen LogP contribution in [0.15, 0.2) is 64.3 Å². The number of hydrogen-bond donors (Lipinski definition) is 1. The average Bonchev–Trinajstić information content (AvgIpc) is 3.32. The van der Waals surface area contributed by atoms with E-state index in [1.54, 1.807) is 38.1 Å². The Labute approximate surface area is 229 Å². The molecule has 1 N–H and O–H groups in total. The first kappa shape index (κ1) is 26.9. The number of rotatable bonds is 9. The van der Waals surface area contributed by atoms with E-state index in [-0.39, 0.29) is 13.2 Å². The number of fused-ring (bicyclic) bond motifs is 1. The predicted octanol–water partition coefficient (Wildman–Crippen LogP) is 6.18. The molecule has 1 atom stereocenters. The molecule has 1 amide bonds. The Hall–Kier alpha value is -3.14. The van der Waals surface area contributed by atoms with Crippen molar-refractivity contribution >= 4 is 57.7 Å². The van der Waals surface area contributed by atoms with Gasteiger partial charge in [0.25, 0.3) is 5.91 Å². The maximum Gasteiger partial charge on any atom is 0.338 e. The molecule has 0 unspecified atom stereocenters. The van der Waals surface area contributed by atoms with Gasteiger partial charge in [0.05, 0.1) is 41.2 Å². The fourth-order valence-corrected chi connectivity index (χ4v) is 5.15. The first-order valence-corrected chi connectivity index (χ1v) is 13.2. The monoisotopic (exact) mass is 561 g/mol. The number of nitrogens with one attached hydrogen (secondary N) is 1. The highest BCUT2D eigenvalue weighted by Crippen LogP contribution is 2.43. The van der Waals surface area contributed by atoms with E-state index in [2.05, 4.69) is 10.3 Å². The number of anilines is 1. The van der Waals surface area contributed by atoms with Crippen LogP contribution in [0.25, 0.3) is 0 Å². The van der Waals surface area contributed by atoms with Gasteiger partial charge in [-0.15, -0.1) is 0 Å². The quantitative estimate of drug-likeness (QED) is 0.365. The van der Waals surface area contributed by atoms with Crippen LogP contribution in [-0.4, -0.2) is 41.8 Å². The van der Waals surface area contributed by atoms with Crippen molar-refractivity contribution in [3.8, 4) is 11.5 Å². The third-order valence-electron chi connectivity index (χ3n) is 5.46. The van der Waals surface area contributed by atoms with Crippen LogP contribution in [0.3, 0.4) is 0 Å². The van der Waals surface area contributed by atoms with Crippen molar-refractivity contribution in [2.24, 2.45) is 4.99 Å². The lowest BCUT2D eigenvalue weighted by molar-refractivity contribution is -0.139. The SMILES string of the molecule is CCOC(=O)C1=C(C)N=C2SC=CN2[C@H]1c1ccc(OCC(=O)Nc2ccc(Cl)cc2Cl)c(OCC)c1. The molecule has 2 heterocycles. The second kappa shape index (κ2) is 11.9. The highest BCUT2D eigenvalue weighted by atomic mass is 35.5. The zero-order valence-corrected chi connectivity index (χ0v) is 22.7. The number of benzene rings is 2. The summed E-state index contributed by atoms with van der Waals surface area (Å²) >= 11 is 13.5. The lowest BCUT2D eigenvalue weighted by Gasteiger charge is -2.33. The largest absolute Gasteiger partial charge is 0.490 e. The average molecular weight is 562 g/mol. The molecule has 0 fully saturated rings. The highest BCUT2D eigenvalue weighted by molar-refractivity contribution is 8.16. The Kier molecular flexibility index (Phi) is 8.68. The van der Waals surface area contributed by atoms with Crippen LogP contribution in [0, 0.1) is 0 Å². The minimum atomic E-state index is -0.457. The summed E-state index contributed by atoms with van der Waals surface area (Å²) in [5.41, 5.74) is 2.27. The van der Waals surface area contributed by atoms with E-state index in [0.717, 1.165) is 10.7 Å². The summed E-state index contributed by atoms with van der Waals surface area (Å²) in [6.07, 6.45) is 1.89. The van der Waals surface area contributed by atoms with Gasteiger partial charge < -0.3 is 24.4 Å². The predicted molar refractivity (Wildman–Crippen MR) is 146 cm³/mol. The molecule has 2 aliphatic rings. The third kappa shape index (κ3) is 6.06. The van der Waals surface area contributed by atoms with E-state index in [4.69, 9.17) is 37.4 Å². The molecule has 2 aromatic rings. The Morgan fingerprint density at radius 1 is 1.08 bits per heavy atom. The standard InChI is InChI=1S/C26H25Cl2N3O5S/c1-4-34-21-12-16(24-23(25(33)35-5-2)15(3)29-26-31(24)10-11-37-26)6-9-20(21)36-14-22(32)30-19-8-7-17(27)13-18(19)28/h6-13,24H,4-5,14H2,1-3H3,(H,30,32)/t24-/m0/s1. The topological polar surface area (TPSA) is 89.5 Å². The number of aliphatic imine (C=N–C) groups is 1. The van der Waals surface area contributed by atoms with Crippen molar-refractivity contribution in [3.05, 3.63) is 74.9 Å². The molecule has 0 bridgehead atoms. The second-order valence-corrected chi connectivity index (χ2v) is 9.64. The number of amidine groups is 1. The Balaban J connectivity index is 1.57. The van der Waals surface area contributed by atoms with Crippen LogP contribution < -0.4 is 14.8 Å². The molecule has 194 valence electrons. The Morgan fingerprint density at radius 2 is 1.89 bits per heavy atom. The van der Waals surface area contributed by atoms with Gasteiger partial charge in [-0.25, -0.2) is 9.79 Å². The molecular formula is C26H25Cl2N3O5S. The van der Waals surface area contributed by atoms with Crippen LogP contribution in [0.4, 0.5) is 5.69 Å². The molecule has 0 radical (unpaired) electrons. The number of amides is 1. The molecule has 0 saturated heterocycles. The molecule has 2 aromatic carbocycles. The van der Waals surface area contributed by atoms with Crippen LogP contribution in [0.1, 0.15) is 32.4 Å². The van der Waals surface area contributed by atoms with Crippen molar-refractivity contribution in [2.45, 2.75) is 26.8 Å². The Bertz CT molecular complexity index is 1310. The molecule has 4 rings (SSSR count). The Morgan fingerprint density at radius 3 is 2.62 bits per heavy atom. The smallest absolute Gasteiger partial charge is 0.338 e. The van der Waals surface area contributed by atoms with Crippen LogP contribution in [0.2, 0.25) is 10.0 Å². The number of esters is 1. The molecule has 0 aliphatic carbocycles. The van der Waals surface area contributed by atoms with Crippen molar-refractivity contribution < 1.29 is 23.8 Å². The zero-order valence-electron chi connectivity index (χ0n) is 20.4. The number of hydrogen-bond acceptors (Lipinski definition) is 8. The minimum absolute atomic E-state index is 0.254. The number of thioether (sulfide) groups is 1. The fourth-order valence-electron chi connectivity index (χ4n) is 3.90. The summed E-state index contributed by atoms with van der Waals surface area (Å²) in [5, 5.41) is 6.18. The lowest BCUT2D eigenvalue weighted by atomic mass is 9.94. The molecule has 11 heteroatoms. The molecule has 0 spiro atoms. The van der Waals surface area contributed by atoms with E-state index in [1.807, 2.05) is 35.6 Å². The molecule has 0 saturated carbocycles. The van der Waals surface area contributed by atoms with Gasteiger partial charge in [0.1, 0.15) is 0 Å². The lowest BCUT2D eigenvalue weighted by Crippen LogP contribution is -2.34. The maximum absolute atomic E-state index is 12.9. The maximum atomic E-state index is 12.9. The summed E-state index contributed by atoms with van der Waals surface area (Å²) in [6, 6.07) is 9.70. The van der Waals surface area contributed by atoms with E-state index in [1.165, 1.54) is 11.8 Å². The summed E-state index contributed by atoms with van der Waals surface area (Å²) < 4.78 is 17.0. The van der Waals surface area contributed by atoms with Crippen molar-refractivity contribution in [1.82, 2.24) is 4.90 Å². The van der Waals surface area contributed by atoms with Gasteiger partial charge in [-0.1, -0.05) is 41.0 Å². The van der Waals surface area contributed by atoms with Crippen LogP contribution >= 0.6 is 35.0 Å². The first-order chi connectivity index (χ1) is 17.8. The van der Waals surface area contributed by atoms with Gasteiger partial charge in [0, 0.05) is 11.2 Å². The molecule has 2 aliphatic heterocycles. The van der Waals surface area contributed by atoms with Crippen LogP contribution in [0.5, 0.6) is 11.5 Å². The van der Waals surface area contributed by atoms with Gasteiger partial charge in [-0.2, -0.15) is 0 Å². The summed E-state index contributed by atoms with van der Waals surface area (Å²) in [4.78, 5) is 31.9. The van der Waals surface area contributed by atoms with E-state index < -0.39 is 17.9 Å². The number of nitrogens with zero attached hydrogens (tertiary/aromatic N) is 2. The van der Waals surface area contributed by atoms with Crippen molar-refractivity contribution in [1.29, 1.82) is 0 Å². The van der Waals surface area contributed by atoms with Gasteiger partial charge >= 0.3 is 5.97 Å². The number of allylic oxidation sites excluding steroid dienone is 1. The normalized spacial score (nSPS) is 16.3. The van der Waals surface area contributed by atoms with Gasteiger partial charge in [0.2, 0.25) is 0 Å². The van der Waals surface area contributed by atoms with Crippen molar-refractivity contribution in [2.75, 3.05) is 25.1 Å². The van der Waals surface area contributed by atoms with E-state index in [9.17, 15) is 9.59 Å². The number of halogens is 2. The number of carbonyl (C=O) groups excluding carboxylic acids is 2. The third-order valence-corrected chi connectivity index (χ3v) is 6.78. The highest BCUT2D eigenvalue weighted by Gasteiger charge is 2.37. The summed E-state index contributed by atoms with van der Waals surface area (Å²) in [6.45, 7) is 5.78. The molecule has 0 aromatic heterocycles. The van der Waals surface area contributed by atoms with Gasteiger partial charge in [-0.05, 0) is 62.1 Å². The summed E-state index contributed by atoms with van der Waals surface area (Å²) in [7, 11) is 0. The first-order valence-electron chi connectivity index (χ1n) is 11.5. The molecule has 37 heavy (non-hydrogen) atoms.